The van der Waals surface area contributed by atoms with Crippen molar-refractivity contribution in [2.45, 2.75) is 39.3 Å². The summed E-state index contributed by atoms with van der Waals surface area (Å²) in [6.45, 7) is 6.16. The molecule has 102 valence electrons. The van der Waals surface area contributed by atoms with Crippen LogP contribution < -0.4 is 0 Å². The van der Waals surface area contributed by atoms with Crippen molar-refractivity contribution in [2.75, 3.05) is 6.54 Å². The highest BCUT2D eigenvalue weighted by Crippen LogP contribution is 2.22. The smallest absolute Gasteiger partial charge is 0.119 e. The van der Waals surface area contributed by atoms with E-state index in [4.69, 9.17) is 4.74 Å². The molecule has 1 unspecified atom stereocenters. The Kier molecular flexibility index (Phi) is 5.08. The fourth-order valence-electron chi connectivity index (χ4n) is 2.44. The van der Waals surface area contributed by atoms with Crippen molar-refractivity contribution in [3.8, 4) is 0 Å². The van der Waals surface area contributed by atoms with Crippen molar-refractivity contribution in [1.82, 2.24) is 4.90 Å². The molecule has 0 saturated heterocycles. The number of hydrogen-bond donors (Lipinski definition) is 0. The van der Waals surface area contributed by atoms with Gasteiger partial charge in [0, 0.05) is 6.54 Å². The van der Waals surface area contributed by atoms with Crippen molar-refractivity contribution in [2.24, 2.45) is 0 Å². The number of hydrogen-bond acceptors (Lipinski definition) is 2. The van der Waals surface area contributed by atoms with Crippen molar-refractivity contribution in [3.05, 3.63) is 60.0 Å². The Bertz CT molecular complexity index is 436. The van der Waals surface area contributed by atoms with E-state index in [1.807, 2.05) is 6.07 Å². The van der Waals surface area contributed by atoms with Gasteiger partial charge in [0.05, 0.1) is 6.04 Å². The zero-order chi connectivity index (χ0) is 13.5. The third-order valence-electron chi connectivity index (χ3n) is 3.38. The van der Waals surface area contributed by atoms with Crippen molar-refractivity contribution in [3.63, 3.8) is 0 Å². The van der Waals surface area contributed by atoms with Gasteiger partial charge in [0.1, 0.15) is 12.4 Å². The molecular formula is C17H23NO. The van der Waals surface area contributed by atoms with Crippen LogP contribution in [-0.2, 0) is 11.3 Å². The molecule has 2 nitrogen and oxygen atoms in total. The molecule has 0 radical (unpaired) electrons. The van der Waals surface area contributed by atoms with E-state index in [1.165, 1.54) is 5.56 Å². The van der Waals surface area contributed by atoms with Crippen LogP contribution in [0.4, 0.5) is 0 Å². The Labute approximate surface area is 116 Å². The SMILES string of the molecule is CCCN1C=CC=C(OCc2ccccc2)C1CC. The van der Waals surface area contributed by atoms with Crippen molar-refractivity contribution < 1.29 is 4.74 Å². The lowest BCUT2D eigenvalue weighted by Gasteiger charge is -2.33. The number of nitrogens with zero attached hydrogens (tertiary/aromatic N) is 1. The molecule has 0 amide bonds. The summed E-state index contributed by atoms with van der Waals surface area (Å²) in [5.41, 5.74) is 1.22. The average Bonchev–Trinajstić information content (AvgIpc) is 2.46. The monoisotopic (exact) mass is 257 g/mol. The van der Waals surface area contributed by atoms with Gasteiger partial charge in [0.25, 0.3) is 0 Å². The fourth-order valence-corrected chi connectivity index (χ4v) is 2.44. The summed E-state index contributed by atoms with van der Waals surface area (Å²) in [6.07, 6.45) is 8.59. The lowest BCUT2D eigenvalue weighted by atomic mass is 10.1. The molecule has 0 N–H and O–H groups in total. The normalized spacial score (nSPS) is 18.3. The molecule has 0 aromatic heterocycles. The molecule has 0 aliphatic carbocycles. The standard InChI is InChI=1S/C17H23NO/c1-3-12-18-13-8-11-17(16(18)4-2)19-14-15-9-6-5-7-10-15/h5-11,13,16H,3-4,12,14H2,1-2H3. The van der Waals surface area contributed by atoms with Crippen LogP contribution in [0.3, 0.4) is 0 Å². The van der Waals surface area contributed by atoms with Gasteiger partial charge >= 0.3 is 0 Å². The highest BCUT2D eigenvalue weighted by Gasteiger charge is 2.21. The summed E-state index contributed by atoms with van der Waals surface area (Å²) < 4.78 is 6.02. The highest BCUT2D eigenvalue weighted by atomic mass is 16.5. The van der Waals surface area contributed by atoms with E-state index in [2.05, 4.69) is 61.4 Å². The van der Waals surface area contributed by atoms with Crippen LogP contribution in [0.5, 0.6) is 0 Å². The quantitative estimate of drug-likeness (QED) is 0.760. The van der Waals surface area contributed by atoms with Gasteiger partial charge in [-0.3, -0.25) is 0 Å². The average molecular weight is 257 g/mol. The minimum absolute atomic E-state index is 0.383. The molecule has 1 aliphatic rings. The first-order chi connectivity index (χ1) is 9.35. The second-order valence-electron chi connectivity index (χ2n) is 4.85. The second kappa shape index (κ2) is 7.03. The topological polar surface area (TPSA) is 12.5 Å². The lowest BCUT2D eigenvalue weighted by Crippen LogP contribution is -2.35. The highest BCUT2D eigenvalue weighted by molar-refractivity contribution is 5.20. The molecule has 19 heavy (non-hydrogen) atoms. The van der Waals surface area contributed by atoms with E-state index in [1.54, 1.807) is 0 Å². The summed E-state index contributed by atoms with van der Waals surface area (Å²) >= 11 is 0. The second-order valence-corrected chi connectivity index (χ2v) is 4.85. The van der Waals surface area contributed by atoms with E-state index < -0.39 is 0 Å². The zero-order valence-electron chi connectivity index (χ0n) is 11.9. The van der Waals surface area contributed by atoms with E-state index >= 15 is 0 Å². The first kappa shape index (κ1) is 13.7. The van der Waals surface area contributed by atoms with Crippen LogP contribution in [0.15, 0.2) is 54.4 Å². The van der Waals surface area contributed by atoms with E-state index in [9.17, 15) is 0 Å². The molecule has 0 fully saturated rings. The molecule has 1 atom stereocenters. The van der Waals surface area contributed by atoms with Crippen LogP contribution in [0.2, 0.25) is 0 Å². The molecule has 0 spiro atoms. The van der Waals surface area contributed by atoms with Crippen molar-refractivity contribution >= 4 is 0 Å². The maximum atomic E-state index is 6.02. The summed E-state index contributed by atoms with van der Waals surface area (Å²) in [5.74, 6) is 1.09. The van der Waals surface area contributed by atoms with Gasteiger partial charge in [0.2, 0.25) is 0 Å². The Hall–Kier alpha value is -1.70. The van der Waals surface area contributed by atoms with Gasteiger partial charge in [-0.2, -0.15) is 0 Å². The zero-order valence-corrected chi connectivity index (χ0v) is 11.9. The number of allylic oxidation sites excluding steroid dienone is 2. The molecule has 1 heterocycles. The maximum Gasteiger partial charge on any atom is 0.119 e. The summed E-state index contributed by atoms with van der Waals surface area (Å²) in [6, 6.07) is 10.7. The predicted molar refractivity (Wildman–Crippen MR) is 79.5 cm³/mol. The molecule has 2 rings (SSSR count). The van der Waals surface area contributed by atoms with Crippen LogP contribution in [-0.4, -0.2) is 17.5 Å². The maximum absolute atomic E-state index is 6.02. The van der Waals surface area contributed by atoms with Gasteiger partial charge in [-0.15, -0.1) is 0 Å². The van der Waals surface area contributed by atoms with E-state index in [0.717, 1.165) is 25.1 Å². The molecule has 1 aliphatic heterocycles. The molecule has 2 heteroatoms. The molecule has 1 aromatic carbocycles. The summed E-state index contributed by atoms with van der Waals surface area (Å²) in [5, 5.41) is 0. The molecule has 0 saturated carbocycles. The van der Waals surface area contributed by atoms with Crippen molar-refractivity contribution in [1.29, 1.82) is 0 Å². The van der Waals surface area contributed by atoms with Gasteiger partial charge in [0.15, 0.2) is 0 Å². The third-order valence-corrected chi connectivity index (χ3v) is 3.38. The Morgan fingerprint density at radius 2 is 1.95 bits per heavy atom. The first-order valence-electron chi connectivity index (χ1n) is 7.16. The van der Waals surface area contributed by atoms with Crippen LogP contribution in [0.1, 0.15) is 32.3 Å². The fraction of sp³-hybridized carbons (Fsp3) is 0.412. The van der Waals surface area contributed by atoms with E-state index in [-0.39, 0.29) is 0 Å². The largest absolute Gasteiger partial charge is 0.491 e. The van der Waals surface area contributed by atoms with Crippen LogP contribution in [0.25, 0.3) is 0 Å². The number of rotatable bonds is 6. The third kappa shape index (κ3) is 3.63. The van der Waals surface area contributed by atoms with E-state index in [0.29, 0.717) is 12.6 Å². The van der Waals surface area contributed by atoms with Gasteiger partial charge < -0.3 is 9.64 Å². The Morgan fingerprint density at radius 1 is 1.16 bits per heavy atom. The Morgan fingerprint density at radius 3 is 2.63 bits per heavy atom. The molecule has 0 bridgehead atoms. The van der Waals surface area contributed by atoms with Crippen LogP contribution in [0, 0.1) is 0 Å². The minimum Gasteiger partial charge on any atom is -0.491 e. The van der Waals surface area contributed by atoms with Crippen LogP contribution >= 0.6 is 0 Å². The summed E-state index contributed by atoms with van der Waals surface area (Å²) in [4.78, 5) is 2.38. The number of benzene rings is 1. The molecular weight excluding hydrogens is 234 g/mol. The predicted octanol–water partition coefficient (Wildman–Crippen LogP) is 4.11. The van der Waals surface area contributed by atoms with Gasteiger partial charge in [-0.25, -0.2) is 0 Å². The minimum atomic E-state index is 0.383. The first-order valence-corrected chi connectivity index (χ1v) is 7.16. The summed E-state index contributed by atoms with van der Waals surface area (Å²) in [7, 11) is 0. The van der Waals surface area contributed by atoms with Gasteiger partial charge in [-0.05, 0) is 36.8 Å². The lowest BCUT2D eigenvalue weighted by molar-refractivity contribution is 0.133. The Balaban J connectivity index is 1.98. The molecule has 1 aromatic rings. The van der Waals surface area contributed by atoms with Gasteiger partial charge in [-0.1, -0.05) is 44.2 Å². The number of ether oxygens (including phenoxy) is 1.